The molecule has 3 rings (SSSR count). The van der Waals surface area contributed by atoms with Crippen LogP contribution in [0.2, 0.25) is 0 Å². The van der Waals surface area contributed by atoms with Crippen molar-refractivity contribution < 1.29 is 9.53 Å². The normalized spacial score (nSPS) is 13.4. The van der Waals surface area contributed by atoms with Crippen LogP contribution in [0.25, 0.3) is 0 Å². The van der Waals surface area contributed by atoms with Crippen LogP contribution in [0.1, 0.15) is 34.6 Å². The SMILES string of the molecule is COc1ccc(CCNc2nc(C)cc(C(=O)NC3CC3)n2)cc1. The van der Waals surface area contributed by atoms with E-state index in [1.807, 2.05) is 31.2 Å². The molecule has 0 spiro atoms. The lowest BCUT2D eigenvalue weighted by Crippen LogP contribution is -2.27. The summed E-state index contributed by atoms with van der Waals surface area (Å²) in [7, 11) is 1.66. The van der Waals surface area contributed by atoms with Crippen molar-refractivity contribution in [2.45, 2.75) is 32.2 Å². The van der Waals surface area contributed by atoms with E-state index in [4.69, 9.17) is 4.74 Å². The van der Waals surface area contributed by atoms with Crippen LogP contribution in [-0.4, -0.2) is 35.6 Å². The Balaban J connectivity index is 1.57. The van der Waals surface area contributed by atoms with Gasteiger partial charge in [-0.2, -0.15) is 0 Å². The third-order valence-corrected chi connectivity index (χ3v) is 3.86. The van der Waals surface area contributed by atoms with Crippen molar-refractivity contribution in [1.29, 1.82) is 0 Å². The number of benzene rings is 1. The van der Waals surface area contributed by atoms with Gasteiger partial charge in [0, 0.05) is 18.3 Å². The topological polar surface area (TPSA) is 76.1 Å². The number of anilines is 1. The van der Waals surface area contributed by atoms with E-state index in [-0.39, 0.29) is 5.91 Å². The number of hydrogen-bond donors (Lipinski definition) is 2. The van der Waals surface area contributed by atoms with Gasteiger partial charge in [-0.15, -0.1) is 0 Å². The van der Waals surface area contributed by atoms with Gasteiger partial charge in [0.15, 0.2) is 0 Å². The summed E-state index contributed by atoms with van der Waals surface area (Å²) in [5, 5.41) is 6.14. The molecular formula is C18H22N4O2. The zero-order valence-corrected chi connectivity index (χ0v) is 14.0. The average molecular weight is 326 g/mol. The predicted molar refractivity (Wildman–Crippen MR) is 92.4 cm³/mol. The molecule has 126 valence electrons. The van der Waals surface area contributed by atoms with Gasteiger partial charge in [-0.3, -0.25) is 4.79 Å². The lowest BCUT2D eigenvalue weighted by Gasteiger charge is -2.09. The molecule has 0 radical (unpaired) electrons. The molecule has 1 fully saturated rings. The maximum Gasteiger partial charge on any atom is 0.270 e. The van der Waals surface area contributed by atoms with E-state index in [1.165, 1.54) is 5.56 Å². The molecule has 0 aliphatic heterocycles. The summed E-state index contributed by atoms with van der Waals surface area (Å²) < 4.78 is 5.15. The smallest absolute Gasteiger partial charge is 0.270 e. The van der Waals surface area contributed by atoms with Crippen LogP contribution in [0.3, 0.4) is 0 Å². The molecule has 1 aliphatic carbocycles. The van der Waals surface area contributed by atoms with E-state index >= 15 is 0 Å². The molecule has 1 aliphatic rings. The van der Waals surface area contributed by atoms with Crippen molar-refractivity contribution in [1.82, 2.24) is 15.3 Å². The van der Waals surface area contributed by atoms with Crippen molar-refractivity contribution >= 4 is 11.9 Å². The fraction of sp³-hybridized carbons (Fsp3) is 0.389. The molecule has 1 amide bonds. The molecular weight excluding hydrogens is 304 g/mol. The van der Waals surface area contributed by atoms with E-state index in [9.17, 15) is 4.79 Å². The summed E-state index contributed by atoms with van der Waals surface area (Å²) in [6.07, 6.45) is 2.95. The van der Waals surface area contributed by atoms with Crippen LogP contribution in [0.4, 0.5) is 5.95 Å². The molecule has 1 heterocycles. The maximum absolute atomic E-state index is 12.1. The molecule has 1 aromatic carbocycles. The second-order valence-corrected chi connectivity index (χ2v) is 5.99. The molecule has 24 heavy (non-hydrogen) atoms. The minimum atomic E-state index is -0.124. The second-order valence-electron chi connectivity index (χ2n) is 5.99. The Morgan fingerprint density at radius 2 is 2.00 bits per heavy atom. The number of aryl methyl sites for hydroxylation is 1. The molecule has 1 saturated carbocycles. The van der Waals surface area contributed by atoms with Crippen molar-refractivity contribution in [3.8, 4) is 5.75 Å². The summed E-state index contributed by atoms with van der Waals surface area (Å²) in [6.45, 7) is 2.56. The number of rotatable bonds is 7. The monoisotopic (exact) mass is 326 g/mol. The maximum atomic E-state index is 12.1. The lowest BCUT2D eigenvalue weighted by atomic mass is 10.1. The Kier molecular flexibility index (Phi) is 4.93. The number of carbonyl (C=O) groups is 1. The highest BCUT2D eigenvalue weighted by atomic mass is 16.5. The highest BCUT2D eigenvalue weighted by Gasteiger charge is 2.24. The molecule has 2 aromatic rings. The Bertz CT molecular complexity index is 711. The van der Waals surface area contributed by atoms with Crippen LogP contribution in [-0.2, 0) is 6.42 Å². The van der Waals surface area contributed by atoms with Crippen LogP contribution < -0.4 is 15.4 Å². The van der Waals surface area contributed by atoms with Gasteiger partial charge >= 0.3 is 0 Å². The minimum Gasteiger partial charge on any atom is -0.497 e. The van der Waals surface area contributed by atoms with Crippen LogP contribution >= 0.6 is 0 Å². The zero-order valence-electron chi connectivity index (χ0n) is 14.0. The quantitative estimate of drug-likeness (QED) is 0.817. The molecule has 6 heteroatoms. The molecule has 1 aromatic heterocycles. The van der Waals surface area contributed by atoms with Gasteiger partial charge in [-0.05, 0) is 49.9 Å². The predicted octanol–water partition coefficient (Wildman–Crippen LogP) is 2.34. The van der Waals surface area contributed by atoms with Gasteiger partial charge in [0.05, 0.1) is 7.11 Å². The molecule has 0 atom stereocenters. The summed E-state index contributed by atoms with van der Waals surface area (Å²) in [5.74, 6) is 1.21. The molecule has 0 unspecified atom stereocenters. The van der Waals surface area contributed by atoms with Crippen molar-refractivity contribution in [2.75, 3.05) is 19.0 Å². The Hall–Kier alpha value is -2.63. The van der Waals surface area contributed by atoms with Crippen LogP contribution in [0, 0.1) is 6.92 Å². The number of aromatic nitrogens is 2. The standard InChI is InChI=1S/C18H22N4O2/c1-12-11-16(17(23)21-14-5-6-14)22-18(20-12)19-10-9-13-3-7-15(24-2)8-4-13/h3-4,7-8,11,14H,5-6,9-10H2,1-2H3,(H,21,23)(H,19,20,22). The van der Waals surface area contributed by atoms with E-state index in [2.05, 4.69) is 20.6 Å². The zero-order chi connectivity index (χ0) is 16.9. The first-order valence-electron chi connectivity index (χ1n) is 8.17. The first kappa shape index (κ1) is 16.2. The number of hydrogen-bond acceptors (Lipinski definition) is 5. The van der Waals surface area contributed by atoms with Crippen molar-refractivity contribution in [2.24, 2.45) is 0 Å². The van der Waals surface area contributed by atoms with Gasteiger partial charge < -0.3 is 15.4 Å². The molecule has 0 bridgehead atoms. The van der Waals surface area contributed by atoms with Crippen LogP contribution in [0.15, 0.2) is 30.3 Å². The average Bonchev–Trinajstić information content (AvgIpc) is 3.39. The third kappa shape index (κ3) is 4.44. The Morgan fingerprint density at radius 1 is 1.25 bits per heavy atom. The van der Waals surface area contributed by atoms with E-state index < -0.39 is 0 Å². The summed E-state index contributed by atoms with van der Waals surface area (Å²) >= 11 is 0. The van der Waals surface area contributed by atoms with Crippen molar-refractivity contribution in [3.63, 3.8) is 0 Å². The number of nitrogens with zero attached hydrogens (tertiary/aromatic N) is 2. The van der Waals surface area contributed by atoms with Gasteiger partial charge in [0.25, 0.3) is 5.91 Å². The lowest BCUT2D eigenvalue weighted by molar-refractivity contribution is 0.0946. The first-order chi connectivity index (χ1) is 11.6. The largest absolute Gasteiger partial charge is 0.497 e. The molecule has 0 saturated heterocycles. The van der Waals surface area contributed by atoms with Gasteiger partial charge in [0.1, 0.15) is 11.4 Å². The fourth-order valence-electron chi connectivity index (χ4n) is 2.36. The Morgan fingerprint density at radius 3 is 2.67 bits per heavy atom. The highest BCUT2D eigenvalue weighted by molar-refractivity contribution is 5.93. The van der Waals surface area contributed by atoms with Gasteiger partial charge in [0.2, 0.25) is 5.95 Å². The van der Waals surface area contributed by atoms with E-state index in [0.29, 0.717) is 24.2 Å². The fourth-order valence-corrected chi connectivity index (χ4v) is 2.36. The highest BCUT2D eigenvalue weighted by Crippen LogP contribution is 2.19. The van der Waals surface area contributed by atoms with E-state index in [1.54, 1.807) is 13.2 Å². The van der Waals surface area contributed by atoms with E-state index in [0.717, 1.165) is 30.7 Å². The number of methoxy groups -OCH3 is 1. The summed E-state index contributed by atoms with van der Waals surface area (Å²) in [5.41, 5.74) is 2.39. The minimum absolute atomic E-state index is 0.124. The Labute approximate surface area is 141 Å². The number of carbonyl (C=O) groups excluding carboxylic acids is 1. The summed E-state index contributed by atoms with van der Waals surface area (Å²) in [6, 6.07) is 9.99. The van der Waals surface area contributed by atoms with Crippen LogP contribution in [0.5, 0.6) is 5.75 Å². The second kappa shape index (κ2) is 7.29. The van der Waals surface area contributed by atoms with Gasteiger partial charge in [-0.25, -0.2) is 9.97 Å². The first-order valence-corrected chi connectivity index (χ1v) is 8.17. The number of amides is 1. The summed E-state index contributed by atoms with van der Waals surface area (Å²) in [4.78, 5) is 20.8. The number of nitrogens with one attached hydrogen (secondary N) is 2. The van der Waals surface area contributed by atoms with Gasteiger partial charge in [-0.1, -0.05) is 12.1 Å². The molecule has 6 nitrogen and oxygen atoms in total. The number of ether oxygens (including phenoxy) is 1. The molecule has 2 N–H and O–H groups in total. The van der Waals surface area contributed by atoms with Crippen molar-refractivity contribution in [3.05, 3.63) is 47.3 Å². The third-order valence-electron chi connectivity index (χ3n) is 3.86.